The van der Waals surface area contributed by atoms with E-state index in [0.29, 0.717) is 28.5 Å². The maximum Gasteiger partial charge on any atom is 0.148 e. The number of halogens is 1. The predicted octanol–water partition coefficient (Wildman–Crippen LogP) is 2.38. The van der Waals surface area contributed by atoms with Crippen LogP contribution in [-0.4, -0.2) is 19.9 Å². The molecule has 1 aromatic carbocycles. The normalized spacial score (nSPS) is 12.8. The van der Waals surface area contributed by atoms with Gasteiger partial charge in [-0.05, 0) is 45.4 Å². The topological polar surface area (TPSA) is 50.9 Å². The second kappa shape index (κ2) is 4.49. The Morgan fingerprint density at radius 1 is 1.28 bits per heavy atom. The lowest BCUT2D eigenvalue weighted by Gasteiger charge is -2.14. The molecule has 0 fully saturated rings. The van der Waals surface area contributed by atoms with Crippen molar-refractivity contribution in [3.05, 3.63) is 40.7 Å². The van der Waals surface area contributed by atoms with Gasteiger partial charge in [0.05, 0.1) is 11.8 Å². The quantitative estimate of drug-likeness (QED) is 0.889. The van der Waals surface area contributed by atoms with Gasteiger partial charge in [-0.2, -0.15) is 5.10 Å². The van der Waals surface area contributed by atoms with Crippen LogP contribution in [0, 0.1) is 26.6 Å². The van der Waals surface area contributed by atoms with Crippen LogP contribution in [0.25, 0.3) is 5.69 Å². The largest absolute Gasteiger partial charge is 0.389 e. The summed E-state index contributed by atoms with van der Waals surface area (Å²) >= 11 is 0. The fourth-order valence-electron chi connectivity index (χ4n) is 1.95. The van der Waals surface area contributed by atoms with Crippen LogP contribution in [0.2, 0.25) is 0 Å². The van der Waals surface area contributed by atoms with Gasteiger partial charge in [-0.25, -0.2) is 14.1 Å². The van der Waals surface area contributed by atoms with Gasteiger partial charge in [-0.3, -0.25) is 0 Å². The van der Waals surface area contributed by atoms with Crippen molar-refractivity contribution in [2.24, 2.45) is 0 Å². The molecule has 0 saturated heterocycles. The number of benzene rings is 1. The molecule has 18 heavy (non-hydrogen) atoms. The van der Waals surface area contributed by atoms with Crippen molar-refractivity contribution in [1.82, 2.24) is 14.8 Å². The van der Waals surface area contributed by atoms with Crippen molar-refractivity contribution in [3.63, 3.8) is 0 Å². The van der Waals surface area contributed by atoms with Gasteiger partial charge in [0.15, 0.2) is 0 Å². The lowest BCUT2D eigenvalue weighted by atomic mass is 10.0. The number of aliphatic hydroxyl groups excluding tert-OH is 1. The highest BCUT2D eigenvalue weighted by Gasteiger charge is 2.16. The highest BCUT2D eigenvalue weighted by atomic mass is 19.1. The van der Waals surface area contributed by atoms with Gasteiger partial charge in [0, 0.05) is 5.56 Å². The van der Waals surface area contributed by atoms with E-state index in [4.69, 9.17) is 0 Å². The van der Waals surface area contributed by atoms with Gasteiger partial charge < -0.3 is 5.11 Å². The summed E-state index contributed by atoms with van der Waals surface area (Å²) < 4.78 is 15.2. The third-order valence-corrected chi connectivity index (χ3v) is 2.86. The summed E-state index contributed by atoms with van der Waals surface area (Å²) in [6.45, 7) is 6.91. The van der Waals surface area contributed by atoms with Crippen molar-refractivity contribution in [3.8, 4) is 5.69 Å². The molecule has 0 radical (unpaired) electrons. The third kappa shape index (κ3) is 2.13. The first kappa shape index (κ1) is 12.7. The molecule has 1 aromatic heterocycles. The molecule has 1 heterocycles. The van der Waals surface area contributed by atoms with E-state index in [9.17, 15) is 9.50 Å². The summed E-state index contributed by atoms with van der Waals surface area (Å²) in [5.41, 5.74) is 1.69. The Kier molecular flexibility index (Phi) is 3.17. The first-order chi connectivity index (χ1) is 8.40. The fourth-order valence-corrected chi connectivity index (χ4v) is 1.95. The van der Waals surface area contributed by atoms with Gasteiger partial charge in [0.2, 0.25) is 0 Å². The van der Waals surface area contributed by atoms with E-state index >= 15 is 0 Å². The number of aromatic nitrogens is 3. The summed E-state index contributed by atoms with van der Waals surface area (Å²) in [4.78, 5) is 4.22. The van der Waals surface area contributed by atoms with Crippen LogP contribution >= 0.6 is 0 Å². The standard InChI is InChI=1S/C13H16FN3O/c1-7-5-13(11(8(2)18)6-12(7)14)17-10(4)15-9(3)16-17/h5-6,8,18H,1-4H3/t8-/m1/s1. The molecule has 0 aliphatic carbocycles. The molecule has 96 valence electrons. The van der Waals surface area contributed by atoms with Gasteiger partial charge in [0.25, 0.3) is 0 Å². The minimum absolute atomic E-state index is 0.329. The second-order valence-electron chi connectivity index (χ2n) is 4.45. The second-order valence-corrected chi connectivity index (χ2v) is 4.45. The van der Waals surface area contributed by atoms with Crippen molar-refractivity contribution in [1.29, 1.82) is 0 Å². The summed E-state index contributed by atoms with van der Waals surface area (Å²) in [7, 11) is 0. The maximum atomic E-state index is 13.6. The summed E-state index contributed by atoms with van der Waals surface area (Å²) in [6.07, 6.45) is -0.765. The average Bonchev–Trinajstić information content (AvgIpc) is 2.61. The van der Waals surface area contributed by atoms with E-state index in [2.05, 4.69) is 10.1 Å². The molecule has 0 unspecified atom stereocenters. The molecule has 0 bridgehead atoms. The number of rotatable bonds is 2. The monoisotopic (exact) mass is 249 g/mol. The fraction of sp³-hybridized carbons (Fsp3) is 0.385. The van der Waals surface area contributed by atoms with Crippen molar-refractivity contribution < 1.29 is 9.50 Å². The first-order valence-electron chi connectivity index (χ1n) is 5.79. The van der Waals surface area contributed by atoms with Crippen LogP contribution in [-0.2, 0) is 0 Å². The molecular formula is C13H16FN3O. The Hall–Kier alpha value is -1.75. The zero-order valence-corrected chi connectivity index (χ0v) is 10.9. The summed E-state index contributed by atoms with van der Waals surface area (Å²) in [5, 5.41) is 14.0. The minimum atomic E-state index is -0.765. The molecule has 1 N–H and O–H groups in total. The van der Waals surface area contributed by atoms with E-state index < -0.39 is 6.10 Å². The van der Waals surface area contributed by atoms with Crippen molar-refractivity contribution >= 4 is 0 Å². The lowest BCUT2D eigenvalue weighted by molar-refractivity contribution is 0.198. The van der Waals surface area contributed by atoms with Crippen molar-refractivity contribution in [2.45, 2.75) is 33.8 Å². The highest BCUT2D eigenvalue weighted by molar-refractivity contribution is 5.45. The van der Waals surface area contributed by atoms with E-state index in [-0.39, 0.29) is 5.82 Å². The lowest BCUT2D eigenvalue weighted by Crippen LogP contribution is -2.07. The number of aliphatic hydroxyl groups is 1. The average molecular weight is 249 g/mol. The zero-order valence-electron chi connectivity index (χ0n) is 10.9. The van der Waals surface area contributed by atoms with Crippen LogP contribution in [0.15, 0.2) is 12.1 Å². The molecule has 4 nitrogen and oxygen atoms in total. The number of hydrogen-bond acceptors (Lipinski definition) is 3. The Morgan fingerprint density at radius 2 is 1.94 bits per heavy atom. The molecule has 1 atom stereocenters. The zero-order chi connectivity index (χ0) is 13.4. The number of aryl methyl sites for hydroxylation is 3. The van der Waals surface area contributed by atoms with Crippen LogP contribution < -0.4 is 0 Å². The Morgan fingerprint density at radius 3 is 2.44 bits per heavy atom. The summed E-state index contributed by atoms with van der Waals surface area (Å²) in [5.74, 6) is 1.02. The highest BCUT2D eigenvalue weighted by Crippen LogP contribution is 2.25. The number of hydrogen-bond donors (Lipinski definition) is 1. The molecule has 0 amide bonds. The summed E-state index contributed by atoms with van der Waals surface area (Å²) in [6, 6.07) is 3.03. The van der Waals surface area contributed by atoms with Crippen LogP contribution in [0.1, 0.15) is 35.8 Å². The van der Waals surface area contributed by atoms with Gasteiger partial charge in [-0.15, -0.1) is 0 Å². The molecule has 5 heteroatoms. The van der Waals surface area contributed by atoms with E-state index in [1.165, 1.54) is 6.07 Å². The SMILES string of the molecule is Cc1nc(C)n(-c2cc(C)c(F)cc2[C@@H](C)O)n1. The minimum Gasteiger partial charge on any atom is -0.389 e. The number of nitrogens with zero attached hydrogens (tertiary/aromatic N) is 3. The van der Waals surface area contributed by atoms with Crippen molar-refractivity contribution in [2.75, 3.05) is 0 Å². The predicted molar refractivity (Wildman–Crippen MR) is 66.2 cm³/mol. The van der Waals surface area contributed by atoms with E-state index in [1.54, 1.807) is 31.5 Å². The van der Waals surface area contributed by atoms with Gasteiger partial charge >= 0.3 is 0 Å². The van der Waals surface area contributed by atoms with E-state index in [1.807, 2.05) is 6.92 Å². The maximum absolute atomic E-state index is 13.6. The molecule has 0 spiro atoms. The Balaban J connectivity index is 2.69. The van der Waals surface area contributed by atoms with Crippen LogP contribution in [0.5, 0.6) is 0 Å². The Labute approximate surface area is 105 Å². The molecule has 2 rings (SSSR count). The smallest absolute Gasteiger partial charge is 0.148 e. The third-order valence-electron chi connectivity index (χ3n) is 2.86. The molecule has 0 saturated carbocycles. The van der Waals surface area contributed by atoms with E-state index in [0.717, 1.165) is 0 Å². The molecule has 0 aliphatic heterocycles. The Bertz CT molecular complexity index is 590. The van der Waals surface area contributed by atoms with Crippen LogP contribution in [0.3, 0.4) is 0 Å². The molecular weight excluding hydrogens is 233 g/mol. The first-order valence-corrected chi connectivity index (χ1v) is 5.79. The van der Waals surface area contributed by atoms with Crippen LogP contribution in [0.4, 0.5) is 4.39 Å². The van der Waals surface area contributed by atoms with Gasteiger partial charge in [-0.1, -0.05) is 0 Å². The van der Waals surface area contributed by atoms with Gasteiger partial charge in [0.1, 0.15) is 17.5 Å². The molecule has 0 aliphatic rings. The molecule has 2 aromatic rings.